The van der Waals surface area contributed by atoms with Crippen molar-refractivity contribution < 1.29 is 47.5 Å². The van der Waals surface area contributed by atoms with E-state index in [1.54, 1.807) is 0 Å². The molecule has 0 atom stereocenters. The summed E-state index contributed by atoms with van der Waals surface area (Å²) in [6, 6.07) is 0. The van der Waals surface area contributed by atoms with Crippen LogP contribution in [0.3, 0.4) is 0 Å². The lowest BCUT2D eigenvalue weighted by molar-refractivity contribution is -0.929. The molecule has 0 rings (SSSR count). The van der Waals surface area contributed by atoms with Crippen molar-refractivity contribution in [1.82, 2.24) is 0 Å². The first-order chi connectivity index (χ1) is 48.7. The molecular weight excluding hydrogens is 1330 g/mol. The van der Waals surface area contributed by atoms with Gasteiger partial charge in [-0.1, -0.05) is 391 Å². The molecule has 0 saturated heterocycles. The number of nitrogens with zero attached hydrogens (tertiary/aromatic N) is 3. The van der Waals surface area contributed by atoms with E-state index >= 15 is 0 Å². The van der Waals surface area contributed by atoms with Crippen LogP contribution in [0.5, 0.6) is 0 Å². The smallest absolute Gasteiger partial charge is 0.0786 e. The largest absolute Gasteiger partial charge is 1.00 e. The van der Waals surface area contributed by atoms with E-state index in [0.29, 0.717) is 0 Å². The summed E-state index contributed by atoms with van der Waals surface area (Å²) in [7, 11) is 0. The molecule has 0 unspecified atom stereocenters. The summed E-state index contributed by atoms with van der Waals surface area (Å²) in [5.74, 6) is 0. The number of unbranched alkanes of at least 4 members (excludes halogenated alkanes) is 60. The standard InChI is InChI=1S/3C32H68N.BrH.ClH.FH/c3*1-5-9-13-17-21-25-29-33(30-26-22-18-14-10-6-2,31-27-23-19-15-11-7-3)32-28-24-20-16-12-8-4;;;/h3*5-32H2,1-4H3;3*1H/q3*+1;;;/p-3. The molecule has 6 heteroatoms. The van der Waals surface area contributed by atoms with Gasteiger partial charge < -0.3 is 47.5 Å². The molecule has 624 valence electrons. The molecule has 0 aromatic rings. The van der Waals surface area contributed by atoms with Gasteiger partial charge in [0.15, 0.2) is 0 Å². The lowest BCUT2D eigenvalue weighted by Gasteiger charge is -2.40. The van der Waals surface area contributed by atoms with Crippen LogP contribution < -0.4 is 34.1 Å². The van der Waals surface area contributed by atoms with E-state index in [2.05, 4.69) is 83.1 Å². The van der Waals surface area contributed by atoms with Crippen LogP contribution >= 0.6 is 0 Å². The lowest BCUT2D eigenvalue weighted by Crippen LogP contribution is -3.00. The van der Waals surface area contributed by atoms with Gasteiger partial charge in [0.05, 0.1) is 78.5 Å². The van der Waals surface area contributed by atoms with Crippen molar-refractivity contribution in [3.8, 4) is 0 Å². The monoisotopic (exact) mass is 1530 g/mol. The molecule has 0 aromatic heterocycles. The maximum Gasteiger partial charge on any atom is 0.0786 e. The number of hydrogen-bond donors (Lipinski definition) is 0. The highest BCUT2D eigenvalue weighted by atomic mass is 79.9. The molecule has 0 heterocycles. The number of rotatable bonds is 84. The minimum Gasteiger partial charge on any atom is -1.00 e. The van der Waals surface area contributed by atoms with Crippen molar-refractivity contribution in [2.75, 3.05) is 78.5 Å². The summed E-state index contributed by atoms with van der Waals surface area (Å²) in [6.45, 7) is 45.8. The Bertz CT molecular complexity index is 1030. The number of quaternary nitrogens is 3. The third-order valence-corrected chi connectivity index (χ3v) is 23.8. The van der Waals surface area contributed by atoms with Crippen LogP contribution in [0, 0.1) is 0 Å². The second-order valence-electron chi connectivity index (χ2n) is 33.9. The van der Waals surface area contributed by atoms with Gasteiger partial charge in [-0.25, -0.2) is 0 Å². The van der Waals surface area contributed by atoms with Crippen LogP contribution in [0.15, 0.2) is 0 Å². The average Bonchev–Trinajstić information content (AvgIpc) is 0.894. The first kappa shape index (κ1) is 113. The normalized spacial score (nSPS) is 11.6. The Hall–Kier alpha value is 0.580. The second kappa shape index (κ2) is 97.7. The summed E-state index contributed by atoms with van der Waals surface area (Å²) < 4.78 is 4.43. The summed E-state index contributed by atoms with van der Waals surface area (Å²) in [5, 5.41) is 0. The predicted octanol–water partition coefficient (Wildman–Crippen LogP) is 24.7. The molecule has 102 heavy (non-hydrogen) atoms. The quantitative estimate of drug-likeness (QED) is 0.0421. The molecule has 3 nitrogen and oxygen atoms in total. The average molecular weight is 1540 g/mol. The Kier molecular flexibility index (Phi) is 109. The third-order valence-electron chi connectivity index (χ3n) is 23.8. The van der Waals surface area contributed by atoms with Crippen LogP contribution in [0.25, 0.3) is 0 Å². The van der Waals surface area contributed by atoms with Crippen molar-refractivity contribution in [3.63, 3.8) is 0 Å². The molecule has 0 fully saturated rings. The molecule has 0 N–H and O–H groups in total. The van der Waals surface area contributed by atoms with Gasteiger partial charge in [-0.15, -0.1) is 0 Å². The maximum absolute atomic E-state index is 2.34. The zero-order valence-corrected chi connectivity index (χ0v) is 76.2. The Morgan fingerprint density at radius 3 is 0.235 bits per heavy atom. The topological polar surface area (TPSA) is 0 Å². The minimum absolute atomic E-state index is 0. The fourth-order valence-electron chi connectivity index (χ4n) is 16.7. The molecule has 0 aliphatic rings. The van der Waals surface area contributed by atoms with Crippen LogP contribution in [0.4, 0.5) is 0 Å². The van der Waals surface area contributed by atoms with Gasteiger partial charge in [0.2, 0.25) is 0 Å². The zero-order valence-electron chi connectivity index (χ0n) is 73.9. The SMILES string of the molecule is CCCCCCCC[N+](CCCCCCCC)(CCCCCCCC)CCCCCCCC.CCCCCCCC[N+](CCCCCCCC)(CCCCCCCC)CCCCCCCC.CCCCCCCC[N+](CCCCCCCC)(CCCCCCCC)CCCCCCCC.[Br-].[Cl-].[F-]. The minimum atomic E-state index is 0. The molecule has 0 aromatic carbocycles. The number of hydrogen-bond acceptors (Lipinski definition) is 0. The molecule has 0 aliphatic carbocycles. The van der Waals surface area contributed by atoms with Gasteiger partial charge in [-0.05, 0) is 154 Å². The van der Waals surface area contributed by atoms with E-state index < -0.39 is 0 Å². The van der Waals surface area contributed by atoms with Crippen LogP contribution in [-0.2, 0) is 0 Å². The number of halogens is 3. The molecular formula is C96H204BrClFN3. The van der Waals surface area contributed by atoms with Gasteiger partial charge >= 0.3 is 0 Å². The van der Waals surface area contributed by atoms with Crippen LogP contribution in [0.1, 0.15) is 545 Å². The molecule has 0 saturated carbocycles. The van der Waals surface area contributed by atoms with Gasteiger partial charge in [0, 0.05) is 0 Å². The zero-order chi connectivity index (χ0) is 72.9. The second-order valence-corrected chi connectivity index (χ2v) is 33.9. The van der Waals surface area contributed by atoms with Gasteiger partial charge in [0.25, 0.3) is 0 Å². The lowest BCUT2D eigenvalue weighted by atomic mass is 10.0. The molecule has 0 aliphatic heterocycles. The van der Waals surface area contributed by atoms with Gasteiger partial charge in [0.1, 0.15) is 0 Å². The van der Waals surface area contributed by atoms with E-state index in [-0.39, 0.29) is 34.1 Å². The van der Waals surface area contributed by atoms with Crippen molar-refractivity contribution in [2.45, 2.75) is 545 Å². The van der Waals surface area contributed by atoms with E-state index in [4.69, 9.17) is 0 Å². The van der Waals surface area contributed by atoms with E-state index in [1.165, 1.54) is 554 Å². The molecule has 0 radical (unpaired) electrons. The van der Waals surface area contributed by atoms with Crippen molar-refractivity contribution in [1.29, 1.82) is 0 Å². The first-order valence-electron chi connectivity index (χ1n) is 48.3. The van der Waals surface area contributed by atoms with Crippen LogP contribution in [0.2, 0.25) is 0 Å². The summed E-state index contributed by atoms with van der Waals surface area (Å²) >= 11 is 0. The van der Waals surface area contributed by atoms with Gasteiger partial charge in [-0.2, -0.15) is 0 Å². The van der Waals surface area contributed by atoms with Crippen molar-refractivity contribution >= 4 is 0 Å². The molecule has 0 spiro atoms. The van der Waals surface area contributed by atoms with Crippen molar-refractivity contribution in [2.24, 2.45) is 0 Å². The Labute approximate surface area is 667 Å². The first-order valence-corrected chi connectivity index (χ1v) is 48.3. The van der Waals surface area contributed by atoms with Gasteiger partial charge in [-0.3, -0.25) is 0 Å². The Morgan fingerprint density at radius 2 is 0.167 bits per heavy atom. The maximum atomic E-state index is 2.34. The highest BCUT2D eigenvalue weighted by Gasteiger charge is 2.29. The predicted molar refractivity (Wildman–Crippen MR) is 460 cm³/mol. The van der Waals surface area contributed by atoms with Crippen LogP contribution in [-0.4, -0.2) is 92.0 Å². The Balaban J connectivity index is -0.000000334. The molecule has 0 bridgehead atoms. The van der Waals surface area contributed by atoms with E-state index in [9.17, 15) is 0 Å². The fourth-order valence-corrected chi connectivity index (χ4v) is 16.7. The highest BCUT2D eigenvalue weighted by molar-refractivity contribution is 4.60. The van der Waals surface area contributed by atoms with Crippen molar-refractivity contribution in [3.05, 3.63) is 0 Å². The third kappa shape index (κ3) is 84.6. The fraction of sp³-hybridized carbons (Fsp3) is 1.00. The molecule has 0 amide bonds. The Morgan fingerprint density at radius 1 is 0.108 bits per heavy atom. The highest BCUT2D eigenvalue weighted by Crippen LogP contribution is 2.25. The summed E-state index contributed by atoms with van der Waals surface area (Å²) in [6.07, 6.45) is 104. The van der Waals surface area contributed by atoms with E-state index in [1.807, 2.05) is 0 Å². The van der Waals surface area contributed by atoms with E-state index in [0.717, 1.165) is 0 Å². The summed E-state index contributed by atoms with van der Waals surface area (Å²) in [4.78, 5) is 0. The summed E-state index contributed by atoms with van der Waals surface area (Å²) in [5.41, 5.74) is 0.